The molecule has 0 aliphatic carbocycles. The van der Waals surface area contributed by atoms with Crippen LogP contribution in [0.1, 0.15) is 11.1 Å². The van der Waals surface area contributed by atoms with E-state index in [1.54, 1.807) is 56.7 Å². The molecular weight excluding hydrogens is 434 g/mol. The Kier molecular flexibility index (Phi) is 6.37. The number of nitro groups is 1. The van der Waals surface area contributed by atoms with Crippen molar-refractivity contribution in [3.05, 3.63) is 94.0 Å². The van der Waals surface area contributed by atoms with Crippen LogP contribution in [0.3, 0.4) is 0 Å². The molecule has 1 heterocycles. The summed E-state index contributed by atoms with van der Waals surface area (Å²) in [6.45, 7) is 0. The highest BCUT2D eigenvalue weighted by molar-refractivity contribution is 5.91. The van der Waals surface area contributed by atoms with Gasteiger partial charge in [-0.3, -0.25) is 10.1 Å². The molecular formula is C26H19N3O5. The van der Waals surface area contributed by atoms with Gasteiger partial charge in [-0.25, -0.2) is 4.99 Å². The summed E-state index contributed by atoms with van der Waals surface area (Å²) < 4.78 is 16.5. The van der Waals surface area contributed by atoms with Crippen LogP contribution in [0, 0.1) is 21.4 Å². The Balaban J connectivity index is 1.88. The Morgan fingerprint density at radius 3 is 2.09 bits per heavy atom. The topological polar surface area (TPSA) is 111 Å². The van der Waals surface area contributed by atoms with Gasteiger partial charge in [-0.05, 0) is 48.0 Å². The fraction of sp³-hybridized carbons (Fsp3) is 0.0769. The highest BCUT2D eigenvalue weighted by Gasteiger charge is 2.23. The van der Waals surface area contributed by atoms with Gasteiger partial charge >= 0.3 is 0 Å². The first-order valence-corrected chi connectivity index (χ1v) is 10.2. The van der Waals surface area contributed by atoms with Gasteiger partial charge in [-0.15, -0.1) is 0 Å². The molecule has 0 fully saturated rings. The van der Waals surface area contributed by atoms with E-state index in [1.165, 1.54) is 12.3 Å². The van der Waals surface area contributed by atoms with Crippen molar-refractivity contribution in [1.82, 2.24) is 0 Å². The first kappa shape index (κ1) is 22.3. The molecule has 168 valence electrons. The lowest BCUT2D eigenvalue weighted by molar-refractivity contribution is -0.385. The van der Waals surface area contributed by atoms with Gasteiger partial charge in [0.2, 0.25) is 5.88 Å². The van der Waals surface area contributed by atoms with Crippen LogP contribution < -0.4 is 9.47 Å². The normalized spacial score (nSPS) is 10.7. The molecule has 0 saturated heterocycles. The van der Waals surface area contributed by atoms with Crippen molar-refractivity contribution in [2.75, 3.05) is 14.2 Å². The van der Waals surface area contributed by atoms with Crippen molar-refractivity contribution in [1.29, 1.82) is 5.26 Å². The molecule has 34 heavy (non-hydrogen) atoms. The predicted octanol–water partition coefficient (Wildman–Crippen LogP) is 6.16. The second kappa shape index (κ2) is 9.71. The summed E-state index contributed by atoms with van der Waals surface area (Å²) >= 11 is 0. The Hall–Kier alpha value is -4.90. The van der Waals surface area contributed by atoms with E-state index in [0.29, 0.717) is 28.4 Å². The number of benzene rings is 3. The minimum atomic E-state index is -0.486. The van der Waals surface area contributed by atoms with E-state index in [2.05, 4.69) is 11.1 Å². The van der Waals surface area contributed by atoms with Gasteiger partial charge in [-0.1, -0.05) is 24.3 Å². The van der Waals surface area contributed by atoms with E-state index < -0.39 is 4.92 Å². The van der Waals surface area contributed by atoms with Crippen LogP contribution in [0.2, 0.25) is 0 Å². The van der Waals surface area contributed by atoms with E-state index >= 15 is 0 Å². The van der Waals surface area contributed by atoms with Gasteiger partial charge in [-0.2, -0.15) is 5.26 Å². The van der Waals surface area contributed by atoms with Crippen LogP contribution >= 0.6 is 0 Å². The number of nitriles is 1. The molecule has 0 bridgehead atoms. The molecule has 0 N–H and O–H groups in total. The van der Waals surface area contributed by atoms with Gasteiger partial charge in [0.1, 0.15) is 28.9 Å². The summed E-state index contributed by atoms with van der Waals surface area (Å²) in [7, 11) is 3.15. The largest absolute Gasteiger partial charge is 0.497 e. The highest BCUT2D eigenvalue weighted by Crippen LogP contribution is 2.43. The SMILES string of the molecule is COc1ccc(-c2oc(N=Cc3ccccc3[N+](=O)[O-])c(C#N)c2-c2ccc(OC)cc2)cc1. The van der Waals surface area contributed by atoms with Crippen molar-refractivity contribution in [3.8, 4) is 40.0 Å². The Morgan fingerprint density at radius 1 is 0.941 bits per heavy atom. The molecule has 1 aromatic heterocycles. The van der Waals surface area contributed by atoms with Crippen molar-refractivity contribution < 1.29 is 18.8 Å². The molecule has 0 unspecified atom stereocenters. The fourth-order valence-corrected chi connectivity index (χ4v) is 3.48. The number of methoxy groups -OCH3 is 2. The first-order valence-electron chi connectivity index (χ1n) is 10.2. The van der Waals surface area contributed by atoms with Crippen molar-refractivity contribution in [2.45, 2.75) is 0 Å². The minimum Gasteiger partial charge on any atom is -0.497 e. The number of ether oxygens (including phenoxy) is 2. The molecule has 0 radical (unpaired) electrons. The molecule has 8 heteroatoms. The number of aliphatic imine (C=N–C) groups is 1. The molecule has 0 spiro atoms. The second-order valence-electron chi connectivity index (χ2n) is 7.13. The lowest BCUT2D eigenvalue weighted by atomic mass is 9.98. The van der Waals surface area contributed by atoms with Crippen LogP contribution in [0.5, 0.6) is 11.5 Å². The third kappa shape index (κ3) is 4.36. The van der Waals surface area contributed by atoms with Crippen LogP contribution in [0.4, 0.5) is 11.6 Å². The molecule has 8 nitrogen and oxygen atoms in total. The average molecular weight is 453 g/mol. The monoisotopic (exact) mass is 453 g/mol. The zero-order valence-electron chi connectivity index (χ0n) is 18.4. The van der Waals surface area contributed by atoms with Crippen LogP contribution in [0.15, 0.2) is 82.2 Å². The number of rotatable bonds is 7. The molecule has 4 aromatic rings. The smallest absolute Gasteiger partial charge is 0.278 e. The van der Waals surface area contributed by atoms with Gasteiger partial charge in [0.05, 0.1) is 24.7 Å². The van der Waals surface area contributed by atoms with Gasteiger partial charge < -0.3 is 13.9 Å². The summed E-state index contributed by atoms with van der Waals surface area (Å²) in [6, 6.07) is 22.8. The van der Waals surface area contributed by atoms with Crippen LogP contribution in [-0.2, 0) is 0 Å². The first-order chi connectivity index (χ1) is 16.5. The molecule has 4 rings (SSSR count). The van der Waals surface area contributed by atoms with Crippen molar-refractivity contribution >= 4 is 17.8 Å². The Bertz CT molecular complexity index is 1400. The molecule has 0 aliphatic heterocycles. The van der Waals surface area contributed by atoms with E-state index in [1.807, 2.05) is 24.3 Å². The summed E-state index contributed by atoms with van der Waals surface area (Å²) in [5, 5.41) is 21.3. The Labute approximate surface area is 195 Å². The number of para-hydroxylation sites is 1. The van der Waals surface area contributed by atoms with E-state index in [4.69, 9.17) is 13.9 Å². The van der Waals surface area contributed by atoms with E-state index in [-0.39, 0.29) is 17.1 Å². The third-order valence-electron chi connectivity index (χ3n) is 5.19. The molecule has 0 amide bonds. The average Bonchev–Trinajstić information content (AvgIpc) is 3.26. The molecule has 0 saturated carbocycles. The maximum Gasteiger partial charge on any atom is 0.278 e. The lowest BCUT2D eigenvalue weighted by Gasteiger charge is -2.06. The molecule has 0 atom stereocenters. The Morgan fingerprint density at radius 2 is 1.53 bits per heavy atom. The summed E-state index contributed by atoms with van der Waals surface area (Å²) in [6.07, 6.45) is 1.33. The number of hydrogen-bond donors (Lipinski definition) is 0. The maximum atomic E-state index is 11.3. The van der Waals surface area contributed by atoms with Gasteiger partial charge in [0.15, 0.2) is 0 Å². The number of nitrogens with zero attached hydrogens (tertiary/aromatic N) is 3. The van der Waals surface area contributed by atoms with Gasteiger partial charge in [0.25, 0.3) is 5.69 Å². The zero-order chi connectivity index (χ0) is 24.1. The fourth-order valence-electron chi connectivity index (χ4n) is 3.48. The minimum absolute atomic E-state index is 0.0530. The summed E-state index contributed by atoms with van der Waals surface area (Å²) in [5.41, 5.74) is 2.43. The second-order valence-corrected chi connectivity index (χ2v) is 7.13. The lowest BCUT2D eigenvalue weighted by Crippen LogP contribution is -1.93. The predicted molar refractivity (Wildman–Crippen MR) is 128 cm³/mol. The number of hydrogen-bond acceptors (Lipinski definition) is 7. The van der Waals surface area contributed by atoms with Crippen molar-refractivity contribution in [3.63, 3.8) is 0 Å². The van der Waals surface area contributed by atoms with E-state index in [9.17, 15) is 15.4 Å². The van der Waals surface area contributed by atoms with Gasteiger partial charge in [0, 0.05) is 23.4 Å². The zero-order valence-corrected chi connectivity index (χ0v) is 18.4. The van der Waals surface area contributed by atoms with Crippen molar-refractivity contribution in [2.24, 2.45) is 4.99 Å². The molecule has 0 aliphatic rings. The van der Waals surface area contributed by atoms with Crippen LogP contribution in [-0.4, -0.2) is 25.4 Å². The summed E-state index contributed by atoms with van der Waals surface area (Å²) in [4.78, 5) is 15.2. The maximum absolute atomic E-state index is 11.3. The summed E-state index contributed by atoms with van der Waals surface area (Å²) in [5.74, 6) is 1.85. The quantitative estimate of drug-likeness (QED) is 0.188. The van der Waals surface area contributed by atoms with E-state index in [0.717, 1.165) is 11.1 Å². The number of nitro benzene ring substituents is 1. The number of furan rings is 1. The third-order valence-corrected chi connectivity index (χ3v) is 5.19. The standard InChI is InChI=1S/C26H19N3O5/c1-32-20-11-7-17(8-12-20)24-22(15-27)26(28-16-19-5-3-4-6-23(19)29(30)31)34-25(24)18-9-13-21(33-2)14-10-18/h3-14,16H,1-2H3. The van der Waals surface area contributed by atoms with Crippen LogP contribution in [0.25, 0.3) is 22.5 Å². The molecule has 3 aromatic carbocycles. The highest BCUT2D eigenvalue weighted by atomic mass is 16.6.